The van der Waals surface area contributed by atoms with Crippen LogP contribution in [0.1, 0.15) is 12.8 Å². The first-order valence-electron chi connectivity index (χ1n) is 27.1. The summed E-state index contributed by atoms with van der Waals surface area (Å²) in [5.41, 5.74) is -11.5. The normalized spacial score (nSPS) is 53.2. The second-order valence-corrected chi connectivity index (χ2v) is 25.2. The van der Waals surface area contributed by atoms with Gasteiger partial charge in [-0.15, -0.1) is 0 Å². The number of amides is 4. The van der Waals surface area contributed by atoms with Crippen LogP contribution in [0, 0.1) is 141 Å². The van der Waals surface area contributed by atoms with Crippen LogP contribution in [-0.4, -0.2) is 134 Å². The molecule has 16 fully saturated rings. The average Bonchev–Trinajstić information content (AvgIpc) is 1.41. The molecule has 0 spiro atoms. The number of anilines is 2. The van der Waals surface area contributed by atoms with E-state index >= 15 is 28.8 Å². The van der Waals surface area contributed by atoms with Gasteiger partial charge in [-0.1, -0.05) is 0 Å². The lowest BCUT2D eigenvalue weighted by Gasteiger charge is -2.63. The number of imide groups is 2. The third-order valence-corrected chi connectivity index (χ3v) is 25.1. The molecule has 4 amide bonds. The van der Waals surface area contributed by atoms with Crippen molar-refractivity contribution >= 4 is 70.8 Å². The van der Waals surface area contributed by atoms with Gasteiger partial charge in [-0.05, 0) is 96.3 Å². The molecule has 0 radical (unpaired) electrons. The molecule has 24 unspecified atom stereocenters. The zero-order valence-corrected chi connectivity index (χ0v) is 42.9. The van der Waals surface area contributed by atoms with E-state index < -0.39 is 223 Å². The van der Waals surface area contributed by atoms with E-state index in [1.165, 1.54) is 67.4 Å². The summed E-state index contributed by atoms with van der Waals surface area (Å²) in [5, 5.41) is 0. The largest absolute Gasteiger partial charge is 0.469 e. The minimum atomic E-state index is -2.05. The number of hydrogen-bond acceptors (Lipinski definition) is 20. The second kappa shape index (κ2) is 13.7. The molecule has 10 aliphatic carbocycles. The van der Waals surface area contributed by atoms with E-state index in [0.717, 1.165) is 9.80 Å². The Morgan fingerprint density at radius 3 is 0.923 bits per heavy atom. The Balaban J connectivity index is 0.879. The van der Waals surface area contributed by atoms with E-state index in [9.17, 15) is 19.2 Å². The highest BCUT2D eigenvalue weighted by Crippen LogP contribution is 3.02. The number of carbonyl (C=O) groups is 10. The van der Waals surface area contributed by atoms with E-state index in [2.05, 4.69) is 9.97 Å². The van der Waals surface area contributed by atoms with Crippen molar-refractivity contribution in [2.24, 2.45) is 141 Å². The van der Waals surface area contributed by atoms with Crippen LogP contribution in [0.3, 0.4) is 0 Å². The standard InChI is InChI=1S/C56H52N4O18/c1-71-45(65)51-33-27-28-34(51)38-40(56(50(70)76-6)32-22-14-20(30(32)54(38,78-56)48(68)74-4)24-26(22)44(64)60(42(24)62)18-10-8-12-58-16-18)36(28)52(51,46(66)72-2)35(27)39-37(33)53(47(67)73-3)29-19-13-21(31(29)55(39,77-53)49(69)75-5)25-23(19)41(61)59(43(25)63)17-9-7-11-57-15-17/h7-12,15-16,19-40H,13-14H2,1-6H3. The van der Waals surface area contributed by atoms with Gasteiger partial charge < -0.3 is 37.9 Å². The van der Waals surface area contributed by atoms with Crippen LogP contribution in [0.25, 0.3) is 0 Å². The number of rotatable bonds is 8. The maximum atomic E-state index is 16.0. The zero-order chi connectivity index (χ0) is 53.9. The van der Waals surface area contributed by atoms with Crippen molar-refractivity contribution in [3.05, 3.63) is 49.1 Å². The molecular weight excluding hydrogens is 1020 g/mol. The molecule has 404 valence electrons. The molecule has 6 saturated heterocycles. The van der Waals surface area contributed by atoms with Crippen LogP contribution in [0.4, 0.5) is 11.4 Å². The molecule has 0 aromatic carbocycles. The molecule has 18 rings (SSSR count). The van der Waals surface area contributed by atoms with Crippen LogP contribution in [0.15, 0.2) is 49.1 Å². The van der Waals surface area contributed by atoms with Gasteiger partial charge in [0.2, 0.25) is 23.6 Å². The van der Waals surface area contributed by atoms with Gasteiger partial charge in [0.25, 0.3) is 0 Å². The Morgan fingerprint density at radius 1 is 0.423 bits per heavy atom. The Bertz CT molecular complexity index is 2960. The maximum absolute atomic E-state index is 16.0. The number of hydrogen-bond donors (Lipinski definition) is 0. The second-order valence-electron chi connectivity index (χ2n) is 25.2. The summed E-state index contributed by atoms with van der Waals surface area (Å²) in [6.07, 6.45) is 6.46. The minimum Gasteiger partial charge on any atom is -0.469 e. The smallest absolute Gasteiger partial charge is 0.338 e. The molecule has 16 bridgehead atoms. The average molecular weight is 1070 g/mol. The first-order valence-corrected chi connectivity index (χ1v) is 27.1. The number of esters is 6. The van der Waals surface area contributed by atoms with Gasteiger partial charge >= 0.3 is 35.8 Å². The molecule has 2 aromatic heterocycles. The van der Waals surface area contributed by atoms with Crippen LogP contribution in [0.2, 0.25) is 0 Å². The van der Waals surface area contributed by atoms with Crippen molar-refractivity contribution in [3.8, 4) is 0 Å². The van der Waals surface area contributed by atoms with E-state index in [4.69, 9.17) is 37.9 Å². The number of pyridine rings is 2. The fraction of sp³-hybridized carbons (Fsp3) is 0.643. The predicted octanol–water partition coefficient (Wildman–Crippen LogP) is 0.436. The van der Waals surface area contributed by atoms with Gasteiger partial charge in [-0.2, -0.15) is 0 Å². The van der Waals surface area contributed by atoms with Gasteiger partial charge in [0.1, 0.15) is 0 Å². The third kappa shape index (κ3) is 3.84. The van der Waals surface area contributed by atoms with E-state index in [0.29, 0.717) is 0 Å². The lowest BCUT2D eigenvalue weighted by Crippen LogP contribution is -2.75. The first kappa shape index (κ1) is 46.3. The molecule has 22 heteroatoms. The molecule has 6 aliphatic heterocycles. The van der Waals surface area contributed by atoms with Gasteiger partial charge in [0.05, 0.1) is 101 Å². The van der Waals surface area contributed by atoms with Crippen LogP contribution >= 0.6 is 0 Å². The molecule has 22 nitrogen and oxygen atoms in total. The molecule has 24 atom stereocenters. The highest BCUT2D eigenvalue weighted by atomic mass is 16.6. The maximum Gasteiger partial charge on any atom is 0.338 e. The summed E-state index contributed by atoms with van der Waals surface area (Å²) in [4.78, 5) is 164. The summed E-state index contributed by atoms with van der Waals surface area (Å²) in [7, 11) is 7.24. The van der Waals surface area contributed by atoms with Gasteiger partial charge in [-0.3, -0.25) is 38.7 Å². The Morgan fingerprint density at radius 2 is 0.692 bits per heavy atom. The highest BCUT2D eigenvalue weighted by molar-refractivity contribution is 6.23. The Kier molecular flexibility index (Phi) is 8.10. The predicted molar refractivity (Wildman–Crippen MR) is 250 cm³/mol. The zero-order valence-electron chi connectivity index (χ0n) is 42.9. The van der Waals surface area contributed by atoms with Crippen molar-refractivity contribution in [2.45, 2.75) is 35.2 Å². The molecule has 0 N–H and O–H groups in total. The fourth-order valence-corrected chi connectivity index (χ4v) is 25.2. The molecule has 16 aliphatic rings. The lowest BCUT2D eigenvalue weighted by molar-refractivity contribution is -0.230. The molecule has 2 aromatic rings. The number of carbonyl (C=O) groups excluding carboxylic acids is 10. The summed E-state index contributed by atoms with van der Waals surface area (Å²) in [6.45, 7) is 0. The Labute approximate surface area is 443 Å². The summed E-state index contributed by atoms with van der Waals surface area (Å²) < 4.78 is 49.9. The molecule has 8 heterocycles. The third-order valence-electron chi connectivity index (χ3n) is 25.1. The van der Waals surface area contributed by atoms with Crippen LogP contribution in [0.5, 0.6) is 0 Å². The van der Waals surface area contributed by atoms with Gasteiger partial charge in [0.15, 0.2) is 22.4 Å². The number of nitrogens with zero attached hydrogens (tertiary/aromatic N) is 4. The number of ether oxygens (including phenoxy) is 8. The van der Waals surface area contributed by atoms with Crippen molar-refractivity contribution in [1.29, 1.82) is 0 Å². The van der Waals surface area contributed by atoms with E-state index in [1.807, 2.05) is 0 Å². The number of aromatic nitrogens is 2. The molecule has 10 saturated carbocycles. The monoisotopic (exact) mass is 1070 g/mol. The van der Waals surface area contributed by atoms with Crippen molar-refractivity contribution in [2.75, 3.05) is 52.5 Å². The van der Waals surface area contributed by atoms with Gasteiger partial charge in [-0.25, -0.2) is 29.0 Å². The topological polar surface area (TPSA) is 277 Å². The van der Waals surface area contributed by atoms with Crippen molar-refractivity contribution in [3.63, 3.8) is 0 Å². The van der Waals surface area contributed by atoms with Crippen molar-refractivity contribution < 1.29 is 85.8 Å². The summed E-state index contributed by atoms with van der Waals surface area (Å²) >= 11 is 0. The van der Waals surface area contributed by atoms with Gasteiger partial charge in [0, 0.05) is 59.7 Å². The SMILES string of the molecule is COC(=O)C12OC(C(=O)OC)(C3C4CC(C5C(=O)N(c6cccnc6)C(=O)C45)C31)C1C2C2C3C4C5C6C(C4C(C(=O)OC)(C31)C25C(=O)OC)C1(C(=O)OC)OC6(C(=O)OC)C2C3CC(C4C(=O)N(c5cccnc5)C(=O)C34)C21. The fourth-order valence-electron chi connectivity index (χ4n) is 25.2. The van der Waals surface area contributed by atoms with E-state index in [-0.39, 0.29) is 24.2 Å². The highest BCUT2D eigenvalue weighted by Gasteiger charge is 3.10. The quantitative estimate of drug-likeness (QED) is 0.197. The van der Waals surface area contributed by atoms with Crippen LogP contribution < -0.4 is 9.80 Å². The number of methoxy groups -OCH3 is 6. The van der Waals surface area contributed by atoms with Crippen molar-refractivity contribution in [1.82, 2.24) is 9.97 Å². The first-order chi connectivity index (χ1) is 37.6. The molecule has 78 heavy (non-hydrogen) atoms. The van der Waals surface area contributed by atoms with E-state index in [1.54, 1.807) is 24.3 Å². The molecular formula is C56H52N4O18. The number of fused-ring (bicyclic) bond motifs is 30. The van der Waals surface area contributed by atoms with Crippen LogP contribution in [-0.2, 0) is 85.8 Å². The summed E-state index contributed by atoms with van der Waals surface area (Å²) in [5.74, 6) is -26.6. The Hall–Kier alpha value is -6.68. The minimum absolute atomic E-state index is 0.279. The lowest BCUT2D eigenvalue weighted by atomic mass is 9.35. The summed E-state index contributed by atoms with van der Waals surface area (Å²) in [6, 6.07) is 6.46.